The van der Waals surface area contributed by atoms with E-state index in [1.807, 2.05) is 0 Å². The standard InChI is InChI=1S/C13H28N2/c1-10(2)13-5-7-15(8-6-13)12(4)9-11(3)14/h10-13H,5-9,14H2,1-4H3. The second-order valence-corrected chi connectivity index (χ2v) is 5.68. The number of rotatable bonds is 4. The first-order chi connectivity index (χ1) is 7.00. The Labute approximate surface area is 95.2 Å². The molecule has 2 heteroatoms. The molecule has 2 N–H and O–H groups in total. The summed E-state index contributed by atoms with van der Waals surface area (Å²) >= 11 is 0. The Bertz CT molecular complexity index is 169. The molecule has 0 aromatic rings. The van der Waals surface area contributed by atoms with Crippen molar-refractivity contribution in [1.29, 1.82) is 0 Å². The van der Waals surface area contributed by atoms with Crippen LogP contribution in [0.25, 0.3) is 0 Å². The molecule has 0 aromatic heterocycles. The lowest BCUT2D eigenvalue weighted by Crippen LogP contribution is -2.42. The summed E-state index contributed by atoms with van der Waals surface area (Å²) in [5.74, 6) is 1.81. The molecule has 0 saturated carbocycles. The lowest BCUT2D eigenvalue weighted by Gasteiger charge is -2.38. The minimum Gasteiger partial charge on any atom is -0.328 e. The molecule has 1 rings (SSSR count). The number of hydrogen-bond donors (Lipinski definition) is 1. The summed E-state index contributed by atoms with van der Waals surface area (Å²) in [4.78, 5) is 2.61. The first kappa shape index (κ1) is 13.0. The number of hydrogen-bond acceptors (Lipinski definition) is 2. The van der Waals surface area contributed by atoms with Crippen LogP contribution in [-0.2, 0) is 0 Å². The molecule has 2 unspecified atom stereocenters. The van der Waals surface area contributed by atoms with Crippen LogP contribution >= 0.6 is 0 Å². The smallest absolute Gasteiger partial charge is 0.00815 e. The molecule has 1 fully saturated rings. The molecule has 90 valence electrons. The maximum atomic E-state index is 5.85. The van der Waals surface area contributed by atoms with Crippen LogP contribution in [-0.4, -0.2) is 30.1 Å². The summed E-state index contributed by atoms with van der Waals surface area (Å²) in [7, 11) is 0. The van der Waals surface area contributed by atoms with E-state index in [0.29, 0.717) is 12.1 Å². The van der Waals surface area contributed by atoms with Gasteiger partial charge in [0, 0.05) is 12.1 Å². The van der Waals surface area contributed by atoms with Crippen molar-refractivity contribution in [3.8, 4) is 0 Å². The second kappa shape index (κ2) is 5.86. The normalized spacial score (nSPS) is 24.4. The SMILES string of the molecule is CC(N)CC(C)N1CCC(C(C)C)CC1. The highest BCUT2D eigenvalue weighted by Gasteiger charge is 2.24. The zero-order chi connectivity index (χ0) is 11.4. The Hall–Kier alpha value is -0.0800. The third-order valence-corrected chi connectivity index (χ3v) is 3.85. The van der Waals surface area contributed by atoms with E-state index >= 15 is 0 Å². The van der Waals surface area contributed by atoms with Crippen LogP contribution in [0.3, 0.4) is 0 Å². The minimum absolute atomic E-state index is 0.336. The first-order valence-corrected chi connectivity index (χ1v) is 6.50. The molecule has 2 nitrogen and oxygen atoms in total. The van der Waals surface area contributed by atoms with Crippen LogP contribution in [0.1, 0.15) is 47.0 Å². The van der Waals surface area contributed by atoms with E-state index in [1.165, 1.54) is 25.9 Å². The first-order valence-electron chi connectivity index (χ1n) is 6.50. The molecule has 1 heterocycles. The van der Waals surface area contributed by atoms with Crippen LogP contribution < -0.4 is 5.73 Å². The monoisotopic (exact) mass is 212 g/mol. The van der Waals surface area contributed by atoms with Gasteiger partial charge in [0.05, 0.1) is 0 Å². The average molecular weight is 212 g/mol. The Kier molecular flexibility index (Phi) is 5.07. The minimum atomic E-state index is 0.336. The Morgan fingerprint density at radius 1 is 1.13 bits per heavy atom. The highest BCUT2D eigenvalue weighted by molar-refractivity contribution is 4.79. The molecule has 0 aromatic carbocycles. The van der Waals surface area contributed by atoms with Gasteiger partial charge in [-0.05, 0) is 58.0 Å². The zero-order valence-corrected chi connectivity index (χ0v) is 10.9. The van der Waals surface area contributed by atoms with Gasteiger partial charge >= 0.3 is 0 Å². The van der Waals surface area contributed by atoms with E-state index in [0.717, 1.165) is 18.3 Å². The van der Waals surface area contributed by atoms with Crippen molar-refractivity contribution in [2.24, 2.45) is 17.6 Å². The molecule has 0 amide bonds. The molecule has 1 aliphatic heterocycles. The molecule has 1 saturated heterocycles. The predicted octanol–water partition coefficient (Wildman–Crippen LogP) is 2.48. The largest absolute Gasteiger partial charge is 0.328 e. The summed E-state index contributed by atoms with van der Waals surface area (Å²) < 4.78 is 0. The van der Waals surface area contributed by atoms with Crippen molar-refractivity contribution in [1.82, 2.24) is 4.90 Å². The maximum Gasteiger partial charge on any atom is 0.00815 e. The van der Waals surface area contributed by atoms with Gasteiger partial charge in [0.25, 0.3) is 0 Å². The molecule has 0 spiro atoms. The van der Waals surface area contributed by atoms with Gasteiger partial charge in [0.15, 0.2) is 0 Å². The third kappa shape index (κ3) is 4.12. The highest BCUT2D eigenvalue weighted by atomic mass is 15.2. The van der Waals surface area contributed by atoms with Gasteiger partial charge in [-0.3, -0.25) is 0 Å². The van der Waals surface area contributed by atoms with Crippen LogP contribution in [0.5, 0.6) is 0 Å². The van der Waals surface area contributed by atoms with Crippen LogP contribution in [0.4, 0.5) is 0 Å². The molecule has 2 atom stereocenters. The van der Waals surface area contributed by atoms with Crippen molar-refractivity contribution >= 4 is 0 Å². The Morgan fingerprint density at radius 3 is 2.07 bits per heavy atom. The van der Waals surface area contributed by atoms with Gasteiger partial charge in [-0.25, -0.2) is 0 Å². The second-order valence-electron chi connectivity index (χ2n) is 5.68. The van der Waals surface area contributed by atoms with Crippen molar-refractivity contribution in [3.63, 3.8) is 0 Å². The highest BCUT2D eigenvalue weighted by Crippen LogP contribution is 2.25. The van der Waals surface area contributed by atoms with Crippen LogP contribution in [0, 0.1) is 11.8 Å². The average Bonchev–Trinajstić information content (AvgIpc) is 2.17. The van der Waals surface area contributed by atoms with Gasteiger partial charge in [-0.2, -0.15) is 0 Å². The quantitative estimate of drug-likeness (QED) is 0.776. The maximum absolute atomic E-state index is 5.85. The lowest BCUT2D eigenvalue weighted by atomic mass is 9.86. The van der Waals surface area contributed by atoms with Gasteiger partial charge in [0.2, 0.25) is 0 Å². The number of likely N-dealkylation sites (tertiary alicyclic amines) is 1. The zero-order valence-electron chi connectivity index (χ0n) is 10.9. The van der Waals surface area contributed by atoms with Gasteiger partial charge in [0.1, 0.15) is 0 Å². The van der Waals surface area contributed by atoms with Crippen molar-refractivity contribution in [2.45, 2.75) is 59.0 Å². The molecule has 1 aliphatic rings. The van der Waals surface area contributed by atoms with Gasteiger partial charge < -0.3 is 10.6 Å². The summed E-state index contributed by atoms with van der Waals surface area (Å²) in [6, 6.07) is 1.00. The summed E-state index contributed by atoms with van der Waals surface area (Å²) in [5, 5.41) is 0. The molecule has 0 aliphatic carbocycles. The van der Waals surface area contributed by atoms with Crippen LogP contribution in [0.2, 0.25) is 0 Å². The Balaban J connectivity index is 2.30. The summed E-state index contributed by atoms with van der Waals surface area (Å²) in [6.07, 6.45) is 3.88. The molecular formula is C13H28N2. The van der Waals surface area contributed by atoms with E-state index in [4.69, 9.17) is 5.73 Å². The third-order valence-electron chi connectivity index (χ3n) is 3.85. The van der Waals surface area contributed by atoms with Gasteiger partial charge in [-0.1, -0.05) is 13.8 Å². The van der Waals surface area contributed by atoms with E-state index < -0.39 is 0 Å². The summed E-state index contributed by atoms with van der Waals surface area (Å²) in [6.45, 7) is 11.7. The van der Waals surface area contributed by atoms with E-state index in [1.54, 1.807) is 0 Å². The van der Waals surface area contributed by atoms with Crippen molar-refractivity contribution in [2.75, 3.05) is 13.1 Å². The Morgan fingerprint density at radius 2 is 1.67 bits per heavy atom. The van der Waals surface area contributed by atoms with Crippen molar-refractivity contribution in [3.05, 3.63) is 0 Å². The fourth-order valence-electron chi connectivity index (χ4n) is 2.71. The fraction of sp³-hybridized carbons (Fsp3) is 1.00. The molecule has 0 bridgehead atoms. The van der Waals surface area contributed by atoms with E-state index in [-0.39, 0.29) is 0 Å². The number of nitrogens with two attached hydrogens (primary N) is 1. The fourth-order valence-corrected chi connectivity index (χ4v) is 2.71. The van der Waals surface area contributed by atoms with Crippen molar-refractivity contribution < 1.29 is 0 Å². The predicted molar refractivity (Wildman–Crippen MR) is 66.9 cm³/mol. The van der Waals surface area contributed by atoms with Gasteiger partial charge in [-0.15, -0.1) is 0 Å². The van der Waals surface area contributed by atoms with E-state index in [9.17, 15) is 0 Å². The molecule has 15 heavy (non-hydrogen) atoms. The molecular weight excluding hydrogens is 184 g/mol. The van der Waals surface area contributed by atoms with E-state index in [2.05, 4.69) is 32.6 Å². The number of piperidine rings is 1. The number of nitrogens with zero attached hydrogens (tertiary/aromatic N) is 1. The lowest BCUT2D eigenvalue weighted by molar-refractivity contribution is 0.115. The molecule has 0 radical (unpaired) electrons. The topological polar surface area (TPSA) is 29.3 Å². The van der Waals surface area contributed by atoms with Crippen LogP contribution in [0.15, 0.2) is 0 Å². The summed E-state index contributed by atoms with van der Waals surface area (Å²) in [5.41, 5.74) is 5.85.